The molecule has 0 unspecified atom stereocenters. The minimum Gasteiger partial charge on any atom is -0.302 e. The molecule has 3 aromatic rings. The van der Waals surface area contributed by atoms with Gasteiger partial charge in [-0.1, -0.05) is 46.7 Å². The van der Waals surface area contributed by atoms with E-state index in [0.29, 0.717) is 10.0 Å². The Labute approximate surface area is 215 Å². The van der Waals surface area contributed by atoms with Gasteiger partial charge in [0.05, 0.1) is 20.3 Å². The van der Waals surface area contributed by atoms with Crippen molar-refractivity contribution in [2.75, 3.05) is 32.7 Å². The van der Waals surface area contributed by atoms with Gasteiger partial charge in [0, 0.05) is 39.8 Å². The van der Waals surface area contributed by atoms with Crippen LogP contribution < -0.4 is 4.87 Å². The summed E-state index contributed by atoms with van der Waals surface area (Å²) in [6.07, 6.45) is 3.45. The van der Waals surface area contributed by atoms with E-state index in [1.807, 2.05) is 19.2 Å². The van der Waals surface area contributed by atoms with Crippen LogP contribution in [-0.2, 0) is 20.0 Å². The van der Waals surface area contributed by atoms with Gasteiger partial charge in [-0.15, -0.1) is 24.8 Å². The SMILES string of the molecule is Cl.Cl.Cn1c(=O)sc2cc(CCCCN3CCN(Cc4ccc(Cl)c(Cl)c4)CC3)ccc21. The van der Waals surface area contributed by atoms with Crippen LogP contribution in [0.1, 0.15) is 24.0 Å². The summed E-state index contributed by atoms with van der Waals surface area (Å²) in [6.45, 7) is 6.49. The van der Waals surface area contributed by atoms with Crippen molar-refractivity contribution in [3.8, 4) is 0 Å². The number of hydrogen-bond acceptors (Lipinski definition) is 4. The molecule has 0 spiro atoms. The summed E-state index contributed by atoms with van der Waals surface area (Å²) in [7, 11) is 1.84. The highest BCUT2D eigenvalue weighted by atomic mass is 35.5. The Morgan fingerprint density at radius 2 is 1.56 bits per heavy atom. The van der Waals surface area contributed by atoms with E-state index in [4.69, 9.17) is 23.2 Å². The number of rotatable bonds is 7. The van der Waals surface area contributed by atoms with E-state index in [-0.39, 0.29) is 29.7 Å². The van der Waals surface area contributed by atoms with E-state index in [2.05, 4.69) is 34.1 Å². The van der Waals surface area contributed by atoms with E-state index >= 15 is 0 Å². The lowest BCUT2D eigenvalue weighted by Gasteiger charge is -2.34. The van der Waals surface area contributed by atoms with E-state index in [9.17, 15) is 4.79 Å². The summed E-state index contributed by atoms with van der Waals surface area (Å²) in [5.41, 5.74) is 3.58. The molecular formula is C23H29Cl4N3OS. The van der Waals surface area contributed by atoms with Crippen LogP contribution in [0.25, 0.3) is 10.2 Å². The smallest absolute Gasteiger partial charge is 0.302 e. The molecular weight excluding hydrogens is 508 g/mol. The minimum atomic E-state index is 0. The van der Waals surface area contributed by atoms with E-state index < -0.39 is 0 Å². The van der Waals surface area contributed by atoms with Crippen LogP contribution in [0.15, 0.2) is 41.2 Å². The molecule has 0 aliphatic carbocycles. The number of halogens is 4. The molecule has 2 heterocycles. The zero-order chi connectivity index (χ0) is 21.1. The van der Waals surface area contributed by atoms with Crippen LogP contribution in [-0.4, -0.2) is 47.1 Å². The number of unbranched alkanes of at least 4 members (excludes halogenated alkanes) is 1. The second-order valence-corrected chi connectivity index (χ2v) is 9.86. The third kappa shape index (κ3) is 6.86. The number of benzene rings is 2. The Kier molecular flexibility index (Phi) is 10.8. The Hall–Kier alpha value is -0.790. The number of aromatic nitrogens is 1. The maximum atomic E-state index is 11.8. The molecule has 0 bridgehead atoms. The summed E-state index contributed by atoms with van der Waals surface area (Å²) in [5, 5.41) is 1.25. The van der Waals surface area contributed by atoms with Crippen LogP contribution in [0.3, 0.4) is 0 Å². The van der Waals surface area contributed by atoms with Gasteiger partial charge >= 0.3 is 4.87 Å². The van der Waals surface area contributed by atoms with Crippen LogP contribution >= 0.6 is 59.4 Å². The van der Waals surface area contributed by atoms with Crippen molar-refractivity contribution in [3.63, 3.8) is 0 Å². The number of fused-ring (bicyclic) bond motifs is 1. The zero-order valence-electron chi connectivity index (χ0n) is 18.1. The molecule has 1 fully saturated rings. The highest BCUT2D eigenvalue weighted by molar-refractivity contribution is 7.16. The number of nitrogens with zero attached hydrogens (tertiary/aromatic N) is 3. The van der Waals surface area contributed by atoms with Crippen molar-refractivity contribution in [2.24, 2.45) is 7.05 Å². The number of hydrogen-bond donors (Lipinski definition) is 0. The first-order chi connectivity index (χ1) is 14.5. The second-order valence-electron chi connectivity index (χ2n) is 8.05. The summed E-state index contributed by atoms with van der Waals surface area (Å²) >= 11 is 13.5. The van der Waals surface area contributed by atoms with Gasteiger partial charge in [-0.25, -0.2) is 0 Å². The van der Waals surface area contributed by atoms with Gasteiger partial charge in [-0.3, -0.25) is 9.69 Å². The first-order valence-electron chi connectivity index (χ1n) is 10.5. The molecule has 4 nitrogen and oxygen atoms in total. The molecule has 32 heavy (non-hydrogen) atoms. The van der Waals surface area contributed by atoms with E-state index in [0.717, 1.165) is 55.9 Å². The Bertz CT molecular complexity index is 1080. The monoisotopic (exact) mass is 535 g/mol. The molecule has 1 aliphatic rings. The zero-order valence-corrected chi connectivity index (χ0v) is 22.0. The first-order valence-corrected chi connectivity index (χ1v) is 12.0. The van der Waals surface area contributed by atoms with Crippen molar-refractivity contribution in [2.45, 2.75) is 25.8 Å². The molecule has 1 aliphatic heterocycles. The maximum absolute atomic E-state index is 11.8. The molecule has 176 valence electrons. The third-order valence-electron chi connectivity index (χ3n) is 5.90. The van der Waals surface area contributed by atoms with Gasteiger partial charge < -0.3 is 9.47 Å². The Morgan fingerprint density at radius 3 is 2.28 bits per heavy atom. The minimum absolute atomic E-state index is 0. The molecule has 0 radical (unpaired) electrons. The molecule has 1 saturated heterocycles. The highest BCUT2D eigenvalue weighted by Gasteiger charge is 2.17. The van der Waals surface area contributed by atoms with Gasteiger partial charge in [-0.2, -0.15) is 0 Å². The first kappa shape index (κ1) is 27.5. The number of aryl methyl sites for hydroxylation is 2. The van der Waals surface area contributed by atoms with Crippen molar-refractivity contribution in [1.29, 1.82) is 0 Å². The number of thiazole rings is 1. The van der Waals surface area contributed by atoms with Gasteiger partial charge in [0.2, 0.25) is 0 Å². The van der Waals surface area contributed by atoms with Crippen molar-refractivity contribution in [1.82, 2.24) is 14.4 Å². The van der Waals surface area contributed by atoms with E-state index in [1.54, 1.807) is 4.57 Å². The average Bonchev–Trinajstić information content (AvgIpc) is 3.02. The summed E-state index contributed by atoms with van der Waals surface area (Å²) in [6, 6.07) is 12.3. The fraction of sp³-hybridized carbons (Fsp3) is 0.435. The highest BCUT2D eigenvalue weighted by Crippen LogP contribution is 2.23. The molecule has 0 N–H and O–H groups in total. The molecule has 9 heteroatoms. The predicted molar refractivity (Wildman–Crippen MR) is 143 cm³/mol. The third-order valence-corrected chi connectivity index (χ3v) is 7.64. The molecule has 4 rings (SSSR count). The van der Waals surface area contributed by atoms with Crippen molar-refractivity contribution in [3.05, 3.63) is 67.2 Å². The Balaban J connectivity index is 0.00000181. The average molecular weight is 537 g/mol. The molecule has 0 saturated carbocycles. The van der Waals surface area contributed by atoms with Crippen molar-refractivity contribution < 1.29 is 0 Å². The molecule has 2 aromatic carbocycles. The summed E-state index contributed by atoms with van der Waals surface area (Å²) in [4.78, 5) is 17.0. The van der Waals surface area contributed by atoms with Gasteiger partial charge in [0.15, 0.2) is 0 Å². The van der Waals surface area contributed by atoms with Crippen molar-refractivity contribution >= 4 is 69.6 Å². The van der Waals surface area contributed by atoms with Crippen LogP contribution in [0, 0.1) is 0 Å². The predicted octanol–water partition coefficient (Wildman–Crippen LogP) is 5.89. The van der Waals surface area contributed by atoms with Crippen LogP contribution in [0.2, 0.25) is 10.0 Å². The molecule has 0 atom stereocenters. The summed E-state index contributed by atoms with van der Waals surface area (Å²) in [5.74, 6) is 0. The lowest BCUT2D eigenvalue weighted by atomic mass is 10.1. The molecule has 0 amide bonds. The van der Waals surface area contributed by atoms with E-state index in [1.165, 1.54) is 35.3 Å². The second kappa shape index (κ2) is 12.6. The lowest BCUT2D eigenvalue weighted by Crippen LogP contribution is -2.46. The molecule has 1 aromatic heterocycles. The van der Waals surface area contributed by atoms with Gasteiger partial charge in [0.25, 0.3) is 0 Å². The fourth-order valence-electron chi connectivity index (χ4n) is 4.07. The quantitative estimate of drug-likeness (QED) is 0.352. The van der Waals surface area contributed by atoms with Gasteiger partial charge in [0.1, 0.15) is 0 Å². The number of piperazine rings is 1. The fourth-order valence-corrected chi connectivity index (χ4v) is 5.33. The lowest BCUT2D eigenvalue weighted by molar-refractivity contribution is 0.125. The normalized spacial score (nSPS) is 14.8. The maximum Gasteiger partial charge on any atom is 0.307 e. The Morgan fingerprint density at radius 1 is 0.875 bits per heavy atom. The van der Waals surface area contributed by atoms with Crippen LogP contribution in [0.4, 0.5) is 0 Å². The standard InChI is InChI=1S/C23H27Cl2N3OS.2ClH/c1-26-21-8-6-17(15-22(21)30-23(26)29)4-2-3-9-27-10-12-28(13-11-27)16-18-5-7-19(24)20(25)14-18;;/h5-8,14-15H,2-4,9-13,16H2,1H3;2*1H. The topological polar surface area (TPSA) is 28.5 Å². The summed E-state index contributed by atoms with van der Waals surface area (Å²) < 4.78 is 2.82. The van der Waals surface area contributed by atoms with Crippen LogP contribution in [0.5, 0.6) is 0 Å². The van der Waals surface area contributed by atoms with Gasteiger partial charge in [-0.05, 0) is 61.2 Å². The largest absolute Gasteiger partial charge is 0.307 e.